The van der Waals surface area contributed by atoms with Crippen LogP contribution >= 0.6 is 11.8 Å². The molecule has 2 aliphatic heterocycles. The standard InChI is InChI=1S/C24H26N2O4S/c27-20(13-7-8-14-21(28)29)22-19-16-31-23(18-11-5-2-6-12-18)26(19)24(30)25(22)15-17-9-3-1-4-10-17/h1-6,9-12,19,22-23H,7-8,13-16H2,(H,28,29). The Hall–Kier alpha value is -2.80. The van der Waals surface area contributed by atoms with Gasteiger partial charge in [-0.25, -0.2) is 4.79 Å². The number of fused-ring (bicyclic) bond motifs is 1. The summed E-state index contributed by atoms with van der Waals surface area (Å²) >= 11 is 1.70. The van der Waals surface area contributed by atoms with Crippen LogP contribution in [0.15, 0.2) is 60.7 Å². The van der Waals surface area contributed by atoms with Gasteiger partial charge in [0, 0.05) is 25.1 Å². The third kappa shape index (κ3) is 4.61. The molecule has 0 bridgehead atoms. The van der Waals surface area contributed by atoms with Crippen LogP contribution in [-0.4, -0.2) is 50.5 Å². The molecular weight excluding hydrogens is 412 g/mol. The van der Waals surface area contributed by atoms with Gasteiger partial charge in [-0.15, -0.1) is 11.8 Å². The topological polar surface area (TPSA) is 77.9 Å². The van der Waals surface area contributed by atoms with Gasteiger partial charge in [-0.1, -0.05) is 60.7 Å². The molecule has 3 atom stereocenters. The Morgan fingerprint density at radius 1 is 0.968 bits per heavy atom. The van der Waals surface area contributed by atoms with Crippen molar-refractivity contribution in [2.45, 2.75) is 49.7 Å². The summed E-state index contributed by atoms with van der Waals surface area (Å²) in [5.74, 6) is -0.114. The van der Waals surface area contributed by atoms with Gasteiger partial charge in [-0.3, -0.25) is 9.59 Å². The minimum atomic E-state index is -0.849. The lowest BCUT2D eigenvalue weighted by Crippen LogP contribution is -2.43. The van der Waals surface area contributed by atoms with E-state index in [0.717, 1.165) is 11.1 Å². The molecule has 7 heteroatoms. The van der Waals surface area contributed by atoms with E-state index in [4.69, 9.17) is 5.11 Å². The molecule has 2 amide bonds. The van der Waals surface area contributed by atoms with Crippen molar-refractivity contribution in [2.75, 3.05) is 5.75 Å². The minimum Gasteiger partial charge on any atom is -0.481 e. The van der Waals surface area contributed by atoms with Crippen molar-refractivity contribution < 1.29 is 19.5 Å². The number of urea groups is 1. The van der Waals surface area contributed by atoms with Crippen molar-refractivity contribution in [1.82, 2.24) is 9.80 Å². The van der Waals surface area contributed by atoms with E-state index in [0.29, 0.717) is 31.6 Å². The zero-order chi connectivity index (χ0) is 21.8. The number of hydrogen-bond donors (Lipinski definition) is 1. The van der Waals surface area contributed by atoms with E-state index in [9.17, 15) is 14.4 Å². The van der Waals surface area contributed by atoms with Crippen LogP contribution < -0.4 is 0 Å². The van der Waals surface area contributed by atoms with Crippen LogP contribution in [0.5, 0.6) is 0 Å². The summed E-state index contributed by atoms with van der Waals surface area (Å²) in [5.41, 5.74) is 2.06. The maximum atomic E-state index is 13.5. The lowest BCUT2D eigenvalue weighted by Gasteiger charge is -2.25. The number of hydrogen-bond acceptors (Lipinski definition) is 4. The second-order valence-electron chi connectivity index (χ2n) is 7.98. The molecule has 2 aliphatic rings. The highest BCUT2D eigenvalue weighted by atomic mass is 32.2. The van der Waals surface area contributed by atoms with E-state index in [-0.39, 0.29) is 29.7 Å². The summed E-state index contributed by atoms with van der Waals surface area (Å²) in [6.45, 7) is 0.393. The van der Waals surface area contributed by atoms with Gasteiger partial charge < -0.3 is 14.9 Å². The lowest BCUT2D eigenvalue weighted by molar-refractivity contribution is -0.137. The van der Waals surface area contributed by atoms with Gasteiger partial charge in [-0.05, 0) is 24.0 Å². The zero-order valence-electron chi connectivity index (χ0n) is 17.2. The van der Waals surface area contributed by atoms with E-state index in [2.05, 4.69) is 0 Å². The van der Waals surface area contributed by atoms with E-state index < -0.39 is 12.0 Å². The quantitative estimate of drug-likeness (QED) is 0.590. The molecule has 31 heavy (non-hydrogen) atoms. The summed E-state index contributed by atoms with van der Waals surface area (Å²) in [7, 11) is 0. The van der Waals surface area contributed by atoms with E-state index in [1.165, 1.54) is 0 Å². The number of benzene rings is 2. The van der Waals surface area contributed by atoms with Crippen LogP contribution in [0.25, 0.3) is 0 Å². The maximum absolute atomic E-state index is 13.5. The third-order valence-corrected chi connectivity index (χ3v) is 7.22. The first-order chi connectivity index (χ1) is 15.1. The van der Waals surface area contributed by atoms with Gasteiger partial charge in [0.15, 0.2) is 5.78 Å². The van der Waals surface area contributed by atoms with Crippen LogP contribution in [0.1, 0.15) is 42.2 Å². The number of Topliss-reactive ketones (excluding diaryl/α,β-unsaturated/α-hetero) is 1. The highest BCUT2D eigenvalue weighted by Crippen LogP contribution is 2.47. The predicted octanol–water partition coefficient (Wildman–Crippen LogP) is 4.32. The number of amides is 2. The minimum absolute atomic E-state index is 0.0245. The molecule has 2 saturated heterocycles. The first kappa shape index (κ1) is 21.4. The Balaban J connectivity index is 1.56. The molecule has 0 radical (unpaired) electrons. The average molecular weight is 439 g/mol. The smallest absolute Gasteiger partial charge is 0.322 e. The second kappa shape index (κ2) is 9.56. The number of carbonyl (C=O) groups excluding carboxylic acids is 2. The predicted molar refractivity (Wildman–Crippen MR) is 120 cm³/mol. The largest absolute Gasteiger partial charge is 0.481 e. The molecule has 0 aromatic heterocycles. The number of ketones is 1. The van der Waals surface area contributed by atoms with Crippen molar-refractivity contribution in [3.05, 3.63) is 71.8 Å². The van der Waals surface area contributed by atoms with E-state index in [1.54, 1.807) is 16.7 Å². The zero-order valence-corrected chi connectivity index (χ0v) is 18.0. The second-order valence-corrected chi connectivity index (χ2v) is 9.09. The van der Waals surface area contributed by atoms with Gasteiger partial charge in [0.1, 0.15) is 11.4 Å². The molecule has 2 aromatic carbocycles. The number of thioether (sulfide) groups is 1. The molecule has 162 valence electrons. The molecule has 6 nitrogen and oxygen atoms in total. The van der Waals surface area contributed by atoms with Gasteiger partial charge in [0.25, 0.3) is 0 Å². The molecule has 2 aromatic rings. The van der Waals surface area contributed by atoms with Gasteiger partial charge in [0.05, 0.1) is 6.04 Å². The Morgan fingerprint density at radius 3 is 2.29 bits per heavy atom. The van der Waals surface area contributed by atoms with E-state index in [1.807, 2.05) is 65.6 Å². The number of aliphatic carboxylic acids is 1. The number of unbranched alkanes of at least 4 members (excludes halogenated alkanes) is 1. The van der Waals surface area contributed by atoms with Crippen molar-refractivity contribution in [3.63, 3.8) is 0 Å². The molecule has 0 saturated carbocycles. The Morgan fingerprint density at radius 2 is 1.61 bits per heavy atom. The monoisotopic (exact) mass is 438 g/mol. The highest BCUT2D eigenvalue weighted by Gasteiger charge is 2.54. The Labute approximate surface area is 186 Å². The SMILES string of the molecule is O=C(O)CCCCC(=O)C1C2CSC(c3ccccc3)N2C(=O)N1Cc1ccccc1. The van der Waals surface area contributed by atoms with Crippen LogP contribution in [0.2, 0.25) is 0 Å². The number of carboxylic acid groups (broad SMARTS) is 1. The summed E-state index contributed by atoms with van der Waals surface area (Å²) in [5, 5.41) is 8.75. The van der Waals surface area contributed by atoms with Gasteiger partial charge in [0.2, 0.25) is 0 Å². The Kier molecular flexibility index (Phi) is 6.61. The first-order valence-corrected chi connectivity index (χ1v) is 11.6. The third-order valence-electron chi connectivity index (χ3n) is 5.88. The fraction of sp³-hybridized carbons (Fsp3) is 0.375. The van der Waals surface area contributed by atoms with E-state index >= 15 is 0 Å². The highest BCUT2D eigenvalue weighted by molar-refractivity contribution is 7.99. The van der Waals surface area contributed by atoms with Crippen molar-refractivity contribution in [3.8, 4) is 0 Å². The molecule has 1 N–H and O–H groups in total. The summed E-state index contributed by atoms with van der Waals surface area (Å²) in [6.07, 6.45) is 1.35. The molecule has 2 fully saturated rings. The molecular formula is C24H26N2O4S. The van der Waals surface area contributed by atoms with Gasteiger partial charge >= 0.3 is 12.0 Å². The average Bonchev–Trinajstić information content (AvgIpc) is 3.32. The molecule has 2 heterocycles. The van der Waals surface area contributed by atoms with Crippen LogP contribution in [0.4, 0.5) is 4.79 Å². The fourth-order valence-corrected chi connectivity index (χ4v) is 5.90. The normalized spacial score (nSPS) is 22.6. The van der Waals surface area contributed by atoms with Crippen LogP contribution in [-0.2, 0) is 16.1 Å². The summed E-state index contributed by atoms with van der Waals surface area (Å²) in [4.78, 5) is 41.1. The number of nitrogens with zero attached hydrogens (tertiary/aromatic N) is 2. The molecule has 0 spiro atoms. The number of rotatable bonds is 9. The summed E-state index contributed by atoms with van der Waals surface area (Å²) in [6, 6.07) is 18.9. The first-order valence-electron chi connectivity index (χ1n) is 10.6. The van der Waals surface area contributed by atoms with Crippen molar-refractivity contribution in [1.29, 1.82) is 0 Å². The lowest BCUT2D eigenvalue weighted by atomic mass is 9.99. The van der Waals surface area contributed by atoms with Crippen LogP contribution in [0.3, 0.4) is 0 Å². The van der Waals surface area contributed by atoms with Gasteiger partial charge in [-0.2, -0.15) is 0 Å². The number of carboxylic acids is 1. The maximum Gasteiger partial charge on any atom is 0.322 e. The molecule has 3 unspecified atom stereocenters. The number of carbonyl (C=O) groups is 3. The fourth-order valence-electron chi connectivity index (χ4n) is 4.42. The Bertz CT molecular complexity index is 937. The van der Waals surface area contributed by atoms with Crippen molar-refractivity contribution in [2.24, 2.45) is 0 Å². The molecule has 0 aliphatic carbocycles. The molecule has 4 rings (SSSR count). The summed E-state index contributed by atoms with van der Waals surface area (Å²) < 4.78 is 0. The van der Waals surface area contributed by atoms with Crippen LogP contribution in [0, 0.1) is 0 Å². The van der Waals surface area contributed by atoms with Crippen molar-refractivity contribution >= 4 is 29.5 Å².